The molecule has 21 heavy (non-hydrogen) atoms. The van der Waals surface area contributed by atoms with E-state index in [1.807, 2.05) is 6.92 Å². The second-order valence-corrected chi connectivity index (χ2v) is 6.03. The van der Waals surface area contributed by atoms with Crippen LogP contribution in [0.4, 0.5) is 0 Å². The highest BCUT2D eigenvalue weighted by molar-refractivity contribution is 7.89. The summed E-state index contributed by atoms with van der Waals surface area (Å²) in [6.45, 7) is 1.83. The Hall–Kier alpha value is -2.19. The maximum Gasteiger partial charge on any atom is 0.326 e. The van der Waals surface area contributed by atoms with Crippen molar-refractivity contribution in [2.45, 2.75) is 24.4 Å². The Balaban J connectivity index is 2.30. The maximum atomic E-state index is 12.2. The first kappa shape index (κ1) is 15.2. The summed E-state index contributed by atoms with van der Waals surface area (Å²) in [7, 11) is -3.99. The van der Waals surface area contributed by atoms with Gasteiger partial charge in [0.05, 0.1) is 6.20 Å². The van der Waals surface area contributed by atoms with E-state index in [1.54, 1.807) is 30.3 Å². The minimum atomic E-state index is -3.99. The number of imidazole rings is 1. The molecule has 0 spiro atoms. The molecule has 0 saturated heterocycles. The van der Waals surface area contributed by atoms with Crippen molar-refractivity contribution in [2.24, 2.45) is 0 Å². The first-order chi connectivity index (χ1) is 9.94. The zero-order valence-corrected chi connectivity index (χ0v) is 12.1. The van der Waals surface area contributed by atoms with Crippen LogP contribution in [0.3, 0.4) is 0 Å². The summed E-state index contributed by atoms with van der Waals surface area (Å²) in [6.07, 6.45) is 1.72. The van der Waals surface area contributed by atoms with Gasteiger partial charge in [-0.1, -0.05) is 37.3 Å². The molecule has 0 radical (unpaired) electrons. The first-order valence-corrected chi connectivity index (χ1v) is 7.76. The highest BCUT2D eigenvalue weighted by Crippen LogP contribution is 2.16. The number of hydrogen-bond donors (Lipinski definition) is 3. The number of benzene rings is 1. The number of nitrogens with one attached hydrogen (secondary N) is 2. The molecule has 112 valence electrons. The average molecular weight is 309 g/mol. The van der Waals surface area contributed by atoms with E-state index < -0.39 is 22.0 Å². The highest BCUT2D eigenvalue weighted by atomic mass is 32.2. The standard InChI is InChI=1S/C13H15N3O4S/c1-2-10-14-8-11(15-10)21(19,20)16-12(13(17)18)9-6-4-3-5-7-9/h3-8,12,16H,2H2,1H3,(H,14,15)(H,17,18)/t12-/m1/s1. The lowest BCUT2D eigenvalue weighted by Crippen LogP contribution is -2.34. The lowest BCUT2D eigenvalue weighted by atomic mass is 10.1. The number of aromatic nitrogens is 2. The fraction of sp³-hybridized carbons (Fsp3) is 0.231. The number of nitrogens with zero attached hydrogens (tertiary/aromatic N) is 1. The number of aromatic amines is 1. The van der Waals surface area contributed by atoms with Crippen LogP contribution in [-0.2, 0) is 21.2 Å². The third-order valence-electron chi connectivity index (χ3n) is 2.88. The second kappa shape index (κ2) is 6.06. The molecule has 0 aliphatic carbocycles. The van der Waals surface area contributed by atoms with Crippen LogP contribution in [-0.4, -0.2) is 29.5 Å². The molecule has 7 nitrogen and oxygen atoms in total. The lowest BCUT2D eigenvalue weighted by molar-refractivity contribution is -0.139. The molecule has 0 amide bonds. The van der Waals surface area contributed by atoms with Crippen LogP contribution in [0, 0.1) is 0 Å². The van der Waals surface area contributed by atoms with Crippen molar-refractivity contribution in [3.05, 3.63) is 47.9 Å². The van der Waals surface area contributed by atoms with Gasteiger partial charge in [0.25, 0.3) is 10.0 Å². The minimum Gasteiger partial charge on any atom is -0.480 e. The number of aliphatic carboxylic acids is 1. The molecule has 1 aromatic heterocycles. The van der Waals surface area contributed by atoms with Gasteiger partial charge in [-0.25, -0.2) is 13.4 Å². The van der Waals surface area contributed by atoms with Crippen molar-refractivity contribution in [2.75, 3.05) is 0 Å². The Bertz CT molecular complexity index is 725. The van der Waals surface area contributed by atoms with Crippen LogP contribution >= 0.6 is 0 Å². The van der Waals surface area contributed by atoms with Crippen molar-refractivity contribution in [1.29, 1.82) is 0 Å². The van der Waals surface area contributed by atoms with Crippen molar-refractivity contribution in [1.82, 2.24) is 14.7 Å². The topological polar surface area (TPSA) is 112 Å². The molecule has 0 aliphatic heterocycles. The van der Waals surface area contributed by atoms with E-state index in [0.29, 0.717) is 17.8 Å². The van der Waals surface area contributed by atoms with Crippen LogP contribution in [0.5, 0.6) is 0 Å². The van der Waals surface area contributed by atoms with Gasteiger partial charge < -0.3 is 10.1 Å². The van der Waals surface area contributed by atoms with E-state index in [4.69, 9.17) is 0 Å². The van der Waals surface area contributed by atoms with E-state index in [-0.39, 0.29) is 5.03 Å². The van der Waals surface area contributed by atoms with Gasteiger partial charge in [-0.3, -0.25) is 4.79 Å². The van der Waals surface area contributed by atoms with Crippen LogP contribution in [0.2, 0.25) is 0 Å². The Labute approximate surface area is 122 Å². The number of rotatable bonds is 6. The van der Waals surface area contributed by atoms with Gasteiger partial charge in [0.1, 0.15) is 11.9 Å². The fourth-order valence-corrected chi connectivity index (χ4v) is 2.90. The van der Waals surface area contributed by atoms with Gasteiger partial charge in [-0.15, -0.1) is 0 Å². The van der Waals surface area contributed by atoms with Crippen LogP contribution < -0.4 is 4.72 Å². The van der Waals surface area contributed by atoms with E-state index in [0.717, 1.165) is 0 Å². The third-order valence-corrected chi connectivity index (χ3v) is 4.21. The fourth-order valence-electron chi connectivity index (χ4n) is 1.78. The first-order valence-electron chi connectivity index (χ1n) is 6.28. The molecule has 1 atom stereocenters. The summed E-state index contributed by atoms with van der Waals surface area (Å²) in [4.78, 5) is 17.9. The molecule has 0 bridgehead atoms. The normalized spacial score (nSPS) is 13.0. The third kappa shape index (κ3) is 3.47. The molecule has 8 heteroatoms. The molecule has 2 aromatic rings. The van der Waals surface area contributed by atoms with E-state index in [1.165, 1.54) is 6.20 Å². The van der Waals surface area contributed by atoms with Crippen LogP contribution in [0.1, 0.15) is 24.4 Å². The second-order valence-electron chi connectivity index (χ2n) is 4.35. The number of aryl methyl sites for hydroxylation is 1. The molecule has 3 N–H and O–H groups in total. The van der Waals surface area contributed by atoms with E-state index in [9.17, 15) is 18.3 Å². The number of hydrogen-bond acceptors (Lipinski definition) is 4. The number of H-pyrrole nitrogens is 1. The summed E-state index contributed by atoms with van der Waals surface area (Å²) < 4.78 is 26.6. The number of sulfonamides is 1. The Morgan fingerprint density at radius 1 is 1.38 bits per heavy atom. The SMILES string of the molecule is CCc1ncc(S(=O)(=O)N[C@@H](C(=O)O)c2ccccc2)[nH]1. The smallest absolute Gasteiger partial charge is 0.326 e. The summed E-state index contributed by atoms with van der Waals surface area (Å²) in [6, 6.07) is 6.75. The summed E-state index contributed by atoms with van der Waals surface area (Å²) in [5.74, 6) is -0.762. The Morgan fingerprint density at radius 2 is 2.05 bits per heavy atom. The Kier molecular flexibility index (Phi) is 4.39. The Morgan fingerprint density at radius 3 is 2.57 bits per heavy atom. The molecule has 1 aromatic carbocycles. The monoisotopic (exact) mass is 309 g/mol. The van der Waals surface area contributed by atoms with Gasteiger partial charge in [0.2, 0.25) is 0 Å². The lowest BCUT2D eigenvalue weighted by Gasteiger charge is -2.14. The molecule has 0 unspecified atom stereocenters. The zero-order valence-electron chi connectivity index (χ0n) is 11.3. The predicted molar refractivity (Wildman–Crippen MR) is 75.1 cm³/mol. The summed E-state index contributed by atoms with van der Waals surface area (Å²) in [5, 5.41) is 9.08. The van der Waals surface area contributed by atoms with E-state index in [2.05, 4.69) is 14.7 Å². The predicted octanol–water partition coefficient (Wildman–Crippen LogP) is 1.08. The zero-order chi connectivity index (χ0) is 15.5. The van der Waals surface area contributed by atoms with Gasteiger partial charge in [0.15, 0.2) is 5.03 Å². The van der Waals surface area contributed by atoms with Crippen molar-refractivity contribution in [3.8, 4) is 0 Å². The summed E-state index contributed by atoms with van der Waals surface area (Å²) in [5.41, 5.74) is 0.351. The molecular weight excluding hydrogens is 294 g/mol. The quantitative estimate of drug-likeness (QED) is 0.739. The average Bonchev–Trinajstić information content (AvgIpc) is 2.95. The number of carbonyl (C=O) groups is 1. The number of carboxylic acid groups (broad SMARTS) is 1. The molecular formula is C13H15N3O4S. The molecule has 0 fully saturated rings. The molecule has 0 aliphatic rings. The van der Waals surface area contributed by atoms with Gasteiger partial charge in [-0.05, 0) is 5.56 Å². The highest BCUT2D eigenvalue weighted by Gasteiger charge is 2.27. The van der Waals surface area contributed by atoms with Crippen molar-refractivity contribution in [3.63, 3.8) is 0 Å². The van der Waals surface area contributed by atoms with Crippen LogP contribution in [0.15, 0.2) is 41.6 Å². The molecule has 2 rings (SSSR count). The minimum absolute atomic E-state index is 0.151. The maximum absolute atomic E-state index is 12.2. The summed E-state index contributed by atoms with van der Waals surface area (Å²) >= 11 is 0. The van der Waals surface area contributed by atoms with Gasteiger partial charge >= 0.3 is 5.97 Å². The molecule has 1 heterocycles. The molecule has 0 saturated carbocycles. The van der Waals surface area contributed by atoms with Crippen molar-refractivity contribution < 1.29 is 18.3 Å². The van der Waals surface area contributed by atoms with Gasteiger partial charge in [-0.2, -0.15) is 4.72 Å². The van der Waals surface area contributed by atoms with E-state index >= 15 is 0 Å². The van der Waals surface area contributed by atoms with Crippen molar-refractivity contribution >= 4 is 16.0 Å². The largest absolute Gasteiger partial charge is 0.480 e. The van der Waals surface area contributed by atoms with Gasteiger partial charge in [0, 0.05) is 6.42 Å². The number of carboxylic acids is 1. The van der Waals surface area contributed by atoms with Crippen LogP contribution in [0.25, 0.3) is 0 Å².